The molecular weight excluding hydrogens is 215 g/mol. The molecule has 0 radical (unpaired) electrons. The lowest BCUT2D eigenvalue weighted by molar-refractivity contribution is 0.584. The molecule has 0 saturated heterocycles. The van der Waals surface area contributed by atoms with Gasteiger partial charge in [0.2, 0.25) is 0 Å². The van der Waals surface area contributed by atoms with Gasteiger partial charge in [-0.05, 0) is 42.2 Å². The highest BCUT2D eigenvalue weighted by molar-refractivity contribution is 5.19. The highest BCUT2D eigenvalue weighted by atomic mass is 19.1. The Balaban J connectivity index is 1.98. The molecule has 0 aliphatic rings. The van der Waals surface area contributed by atoms with Gasteiger partial charge in [-0.2, -0.15) is 0 Å². The Morgan fingerprint density at radius 1 is 1.06 bits per heavy atom. The normalized spacial score (nSPS) is 12.4. The van der Waals surface area contributed by atoms with E-state index in [4.69, 9.17) is 5.73 Å². The lowest BCUT2D eigenvalue weighted by Gasteiger charge is -2.12. The van der Waals surface area contributed by atoms with Gasteiger partial charge >= 0.3 is 0 Å². The van der Waals surface area contributed by atoms with Crippen molar-refractivity contribution in [2.75, 3.05) is 0 Å². The maximum Gasteiger partial charge on any atom is 0.126 e. The average Bonchev–Trinajstić information content (AvgIpc) is 2.33. The van der Waals surface area contributed by atoms with Crippen LogP contribution in [-0.2, 0) is 12.8 Å². The molecule has 88 valence electrons. The minimum Gasteiger partial charge on any atom is -0.327 e. The zero-order valence-corrected chi connectivity index (χ0v) is 9.51. The van der Waals surface area contributed by atoms with E-state index in [1.165, 1.54) is 6.07 Å². The lowest BCUT2D eigenvalue weighted by atomic mass is 10.0. The van der Waals surface area contributed by atoms with Gasteiger partial charge in [-0.15, -0.1) is 0 Å². The van der Waals surface area contributed by atoms with Gasteiger partial charge in [0.1, 0.15) is 5.82 Å². The maximum absolute atomic E-state index is 13.4. The van der Waals surface area contributed by atoms with Crippen molar-refractivity contribution in [1.29, 1.82) is 0 Å². The molecule has 0 saturated carbocycles. The highest BCUT2D eigenvalue weighted by Crippen LogP contribution is 2.10. The highest BCUT2D eigenvalue weighted by Gasteiger charge is 2.08. The van der Waals surface area contributed by atoms with E-state index in [-0.39, 0.29) is 11.9 Å². The first-order chi connectivity index (χ1) is 8.25. The second-order valence-corrected chi connectivity index (χ2v) is 4.12. The van der Waals surface area contributed by atoms with Crippen molar-refractivity contribution in [2.24, 2.45) is 5.73 Å². The minimum absolute atomic E-state index is 0.0747. The number of hydrogen-bond acceptors (Lipinski definition) is 2. The van der Waals surface area contributed by atoms with Crippen LogP contribution in [0.4, 0.5) is 4.39 Å². The number of halogens is 1. The topological polar surface area (TPSA) is 38.9 Å². The zero-order chi connectivity index (χ0) is 12.1. The summed E-state index contributed by atoms with van der Waals surface area (Å²) in [7, 11) is 0. The molecule has 2 nitrogen and oxygen atoms in total. The Morgan fingerprint density at radius 2 is 1.76 bits per heavy atom. The van der Waals surface area contributed by atoms with E-state index in [9.17, 15) is 4.39 Å². The van der Waals surface area contributed by atoms with Crippen LogP contribution in [0, 0.1) is 5.82 Å². The van der Waals surface area contributed by atoms with Crippen LogP contribution in [-0.4, -0.2) is 11.0 Å². The van der Waals surface area contributed by atoms with Gasteiger partial charge in [-0.3, -0.25) is 4.98 Å². The fourth-order valence-electron chi connectivity index (χ4n) is 1.84. The number of nitrogens with zero attached hydrogens (tertiary/aromatic N) is 1. The Bertz CT molecular complexity index is 471. The third-order valence-electron chi connectivity index (χ3n) is 2.69. The molecule has 0 aliphatic heterocycles. The monoisotopic (exact) mass is 230 g/mol. The smallest absolute Gasteiger partial charge is 0.126 e. The van der Waals surface area contributed by atoms with Gasteiger partial charge in [-0.1, -0.05) is 18.2 Å². The zero-order valence-electron chi connectivity index (χ0n) is 9.51. The quantitative estimate of drug-likeness (QED) is 0.875. The van der Waals surface area contributed by atoms with Crippen molar-refractivity contribution in [3.63, 3.8) is 0 Å². The first kappa shape index (κ1) is 11.7. The molecular formula is C14H15FN2. The molecule has 0 spiro atoms. The standard InChI is InChI=1S/C14H15FN2/c15-14-4-2-1-3-12(14)10-13(16)9-11-5-7-17-8-6-11/h1-8,13H,9-10,16H2. The number of aromatic nitrogens is 1. The Hall–Kier alpha value is -1.74. The molecule has 1 heterocycles. The molecule has 0 bridgehead atoms. The third-order valence-corrected chi connectivity index (χ3v) is 2.69. The number of rotatable bonds is 4. The number of hydrogen-bond donors (Lipinski definition) is 1. The summed E-state index contributed by atoms with van der Waals surface area (Å²) < 4.78 is 13.4. The van der Waals surface area contributed by atoms with E-state index in [1.54, 1.807) is 24.5 Å². The fraction of sp³-hybridized carbons (Fsp3) is 0.214. The molecule has 0 aliphatic carbocycles. The molecule has 1 unspecified atom stereocenters. The Morgan fingerprint density at radius 3 is 2.47 bits per heavy atom. The molecule has 3 heteroatoms. The minimum atomic E-state index is -0.183. The molecule has 2 N–H and O–H groups in total. The summed E-state index contributed by atoms with van der Waals surface area (Å²) in [4.78, 5) is 3.95. The van der Waals surface area contributed by atoms with Gasteiger partial charge in [0.05, 0.1) is 0 Å². The molecule has 17 heavy (non-hydrogen) atoms. The van der Waals surface area contributed by atoms with Gasteiger partial charge in [0.25, 0.3) is 0 Å². The van der Waals surface area contributed by atoms with E-state index < -0.39 is 0 Å². The van der Waals surface area contributed by atoms with E-state index in [1.807, 2.05) is 18.2 Å². The molecule has 0 amide bonds. The van der Waals surface area contributed by atoms with Crippen molar-refractivity contribution in [2.45, 2.75) is 18.9 Å². The van der Waals surface area contributed by atoms with Crippen LogP contribution in [0.3, 0.4) is 0 Å². The Kier molecular flexibility index (Phi) is 3.83. The number of benzene rings is 1. The third kappa shape index (κ3) is 3.36. The summed E-state index contributed by atoms with van der Waals surface area (Å²) in [6, 6.07) is 10.6. The van der Waals surface area contributed by atoms with Crippen LogP contribution in [0.15, 0.2) is 48.8 Å². The Labute approximate surface area is 100 Å². The summed E-state index contributed by atoms with van der Waals surface area (Å²) in [5.41, 5.74) is 7.82. The van der Waals surface area contributed by atoms with Crippen molar-refractivity contribution < 1.29 is 4.39 Å². The number of pyridine rings is 1. The first-order valence-electron chi connectivity index (χ1n) is 5.63. The van der Waals surface area contributed by atoms with Crippen LogP contribution in [0.5, 0.6) is 0 Å². The molecule has 2 aromatic rings. The van der Waals surface area contributed by atoms with Crippen molar-refractivity contribution in [3.8, 4) is 0 Å². The van der Waals surface area contributed by atoms with Gasteiger partial charge in [0.15, 0.2) is 0 Å². The molecule has 1 atom stereocenters. The van der Waals surface area contributed by atoms with Crippen LogP contribution in [0.2, 0.25) is 0 Å². The van der Waals surface area contributed by atoms with Crippen LogP contribution < -0.4 is 5.73 Å². The summed E-state index contributed by atoms with van der Waals surface area (Å²) in [6.07, 6.45) is 4.77. The summed E-state index contributed by atoms with van der Waals surface area (Å²) in [6.45, 7) is 0. The van der Waals surface area contributed by atoms with Gasteiger partial charge in [-0.25, -0.2) is 4.39 Å². The van der Waals surface area contributed by atoms with Gasteiger partial charge < -0.3 is 5.73 Å². The molecule has 2 rings (SSSR count). The average molecular weight is 230 g/mol. The first-order valence-corrected chi connectivity index (χ1v) is 5.63. The van der Waals surface area contributed by atoms with Crippen LogP contribution >= 0.6 is 0 Å². The van der Waals surface area contributed by atoms with Crippen molar-refractivity contribution >= 4 is 0 Å². The predicted octanol–water partition coefficient (Wildman–Crippen LogP) is 2.33. The SMILES string of the molecule is NC(Cc1ccncc1)Cc1ccccc1F. The van der Waals surface area contributed by atoms with Crippen LogP contribution in [0.25, 0.3) is 0 Å². The lowest BCUT2D eigenvalue weighted by Crippen LogP contribution is -2.25. The van der Waals surface area contributed by atoms with Crippen molar-refractivity contribution in [3.05, 3.63) is 65.7 Å². The summed E-state index contributed by atoms with van der Waals surface area (Å²) in [5.74, 6) is -0.183. The molecule has 0 fully saturated rings. The largest absolute Gasteiger partial charge is 0.327 e. The second kappa shape index (κ2) is 5.55. The van der Waals surface area contributed by atoms with E-state index in [0.717, 1.165) is 12.0 Å². The van der Waals surface area contributed by atoms with E-state index in [2.05, 4.69) is 4.98 Å². The van der Waals surface area contributed by atoms with E-state index in [0.29, 0.717) is 12.0 Å². The van der Waals surface area contributed by atoms with Crippen molar-refractivity contribution in [1.82, 2.24) is 4.98 Å². The molecule has 1 aromatic heterocycles. The van der Waals surface area contributed by atoms with Gasteiger partial charge in [0, 0.05) is 18.4 Å². The summed E-state index contributed by atoms with van der Waals surface area (Å²) in [5, 5.41) is 0. The fourth-order valence-corrected chi connectivity index (χ4v) is 1.84. The van der Waals surface area contributed by atoms with E-state index >= 15 is 0 Å². The second-order valence-electron chi connectivity index (χ2n) is 4.12. The predicted molar refractivity (Wildman–Crippen MR) is 66.0 cm³/mol. The number of nitrogens with two attached hydrogens (primary N) is 1. The molecule has 1 aromatic carbocycles. The van der Waals surface area contributed by atoms with Crippen LogP contribution in [0.1, 0.15) is 11.1 Å². The summed E-state index contributed by atoms with van der Waals surface area (Å²) >= 11 is 0. The maximum atomic E-state index is 13.4.